The van der Waals surface area contributed by atoms with Gasteiger partial charge in [-0.15, -0.1) is 21.5 Å². The molecule has 0 radical (unpaired) electrons. The first-order valence-electron chi connectivity index (χ1n) is 7.91. The number of nitrogens with one attached hydrogen (secondary N) is 1. The van der Waals surface area contributed by atoms with Gasteiger partial charge in [-0.05, 0) is 35.9 Å². The average molecular weight is 373 g/mol. The fourth-order valence-electron chi connectivity index (χ4n) is 2.28. The molecule has 3 aromatic rings. The largest absolute Gasteiger partial charge is 0.356 e. The number of halogens is 1. The average Bonchev–Trinajstić information content (AvgIpc) is 3.24. The van der Waals surface area contributed by atoms with Crippen LogP contribution in [-0.2, 0) is 17.8 Å². The molecule has 3 rings (SSSR count). The van der Waals surface area contributed by atoms with Gasteiger partial charge in [0.15, 0.2) is 5.78 Å². The maximum absolute atomic E-state index is 13.3. The van der Waals surface area contributed by atoms with Crippen molar-refractivity contribution in [1.29, 1.82) is 0 Å². The molecule has 0 aliphatic rings. The SMILES string of the molecule is CC(=O)NCCc1ccc(C(=O)Cn2nnc(-c3cccc(F)c3)n2)s1. The number of hydrogen-bond donors (Lipinski definition) is 1. The van der Waals surface area contributed by atoms with Crippen molar-refractivity contribution in [2.45, 2.75) is 19.9 Å². The van der Waals surface area contributed by atoms with Crippen LogP contribution in [0.5, 0.6) is 0 Å². The third kappa shape index (κ3) is 4.57. The van der Waals surface area contributed by atoms with E-state index in [4.69, 9.17) is 0 Å². The number of carbonyl (C=O) groups excluding carboxylic acids is 2. The lowest BCUT2D eigenvalue weighted by Crippen LogP contribution is -2.22. The Morgan fingerprint density at radius 1 is 1.27 bits per heavy atom. The summed E-state index contributed by atoms with van der Waals surface area (Å²) in [6, 6.07) is 9.49. The van der Waals surface area contributed by atoms with E-state index < -0.39 is 0 Å². The van der Waals surface area contributed by atoms with Crippen molar-refractivity contribution in [3.8, 4) is 11.4 Å². The number of benzene rings is 1. The second kappa shape index (κ2) is 7.96. The molecule has 0 saturated heterocycles. The third-order valence-corrected chi connectivity index (χ3v) is 4.69. The molecule has 0 unspecified atom stereocenters. The Morgan fingerprint density at radius 2 is 2.12 bits per heavy atom. The summed E-state index contributed by atoms with van der Waals surface area (Å²) in [4.78, 5) is 26.0. The first kappa shape index (κ1) is 17.9. The molecule has 0 aliphatic carbocycles. The molecule has 26 heavy (non-hydrogen) atoms. The van der Waals surface area contributed by atoms with E-state index in [2.05, 4.69) is 20.7 Å². The summed E-state index contributed by atoms with van der Waals surface area (Å²) in [7, 11) is 0. The van der Waals surface area contributed by atoms with Crippen molar-refractivity contribution in [1.82, 2.24) is 25.5 Å². The molecule has 0 saturated carbocycles. The van der Waals surface area contributed by atoms with Crippen LogP contribution in [-0.4, -0.2) is 38.4 Å². The fraction of sp³-hybridized carbons (Fsp3) is 0.235. The summed E-state index contributed by atoms with van der Waals surface area (Å²) in [6.45, 7) is 1.95. The quantitative estimate of drug-likeness (QED) is 0.641. The number of ketones is 1. The number of tetrazole rings is 1. The first-order chi connectivity index (χ1) is 12.5. The highest BCUT2D eigenvalue weighted by molar-refractivity contribution is 7.14. The van der Waals surface area contributed by atoms with E-state index in [1.165, 1.54) is 35.2 Å². The van der Waals surface area contributed by atoms with Crippen molar-refractivity contribution in [2.75, 3.05) is 6.54 Å². The predicted octanol–water partition coefficient (Wildman–Crippen LogP) is 2.10. The van der Waals surface area contributed by atoms with Crippen LogP contribution < -0.4 is 5.32 Å². The lowest BCUT2D eigenvalue weighted by atomic mass is 10.2. The normalized spacial score (nSPS) is 10.7. The van der Waals surface area contributed by atoms with Gasteiger partial charge in [0.2, 0.25) is 11.7 Å². The van der Waals surface area contributed by atoms with Gasteiger partial charge in [-0.3, -0.25) is 9.59 Å². The van der Waals surface area contributed by atoms with Gasteiger partial charge in [-0.25, -0.2) is 4.39 Å². The molecule has 1 amide bonds. The van der Waals surface area contributed by atoms with Gasteiger partial charge in [-0.1, -0.05) is 12.1 Å². The van der Waals surface area contributed by atoms with Gasteiger partial charge in [0.1, 0.15) is 12.4 Å². The topological polar surface area (TPSA) is 89.8 Å². The van der Waals surface area contributed by atoms with Crippen LogP contribution in [0.2, 0.25) is 0 Å². The Bertz CT molecular complexity index is 937. The second-order valence-corrected chi connectivity index (χ2v) is 6.74. The zero-order valence-corrected chi connectivity index (χ0v) is 14.8. The molecule has 0 atom stereocenters. The summed E-state index contributed by atoms with van der Waals surface area (Å²) in [5.41, 5.74) is 0.500. The van der Waals surface area contributed by atoms with Crippen molar-refractivity contribution in [3.05, 3.63) is 52.0 Å². The van der Waals surface area contributed by atoms with Crippen molar-refractivity contribution >= 4 is 23.0 Å². The number of amides is 1. The molecule has 1 aromatic carbocycles. The van der Waals surface area contributed by atoms with Crippen molar-refractivity contribution < 1.29 is 14.0 Å². The number of thiophene rings is 1. The Balaban J connectivity index is 1.62. The number of rotatable bonds is 7. The van der Waals surface area contributed by atoms with Crippen molar-refractivity contribution in [3.63, 3.8) is 0 Å². The van der Waals surface area contributed by atoms with E-state index in [-0.39, 0.29) is 29.9 Å². The Morgan fingerprint density at radius 3 is 2.88 bits per heavy atom. The molecule has 0 aliphatic heterocycles. The zero-order valence-electron chi connectivity index (χ0n) is 14.0. The standard InChI is InChI=1S/C17H16FN5O2S/c1-11(24)19-8-7-14-5-6-16(26-14)15(25)10-23-21-17(20-22-23)12-3-2-4-13(18)9-12/h2-6,9H,7-8,10H2,1H3,(H,19,24). The van der Waals surface area contributed by atoms with E-state index in [0.29, 0.717) is 23.4 Å². The number of carbonyl (C=O) groups is 2. The Labute approximate surface area is 152 Å². The van der Waals surface area contributed by atoms with E-state index >= 15 is 0 Å². The summed E-state index contributed by atoms with van der Waals surface area (Å²) in [5, 5.41) is 14.6. The molecule has 0 bridgehead atoms. The summed E-state index contributed by atoms with van der Waals surface area (Å²) >= 11 is 1.38. The number of nitrogens with zero attached hydrogens (tertiary/aromatic N) is 4. The van der Waals surface area contributed by atoms with E-state index in [1.807, 2.05) is 6.07 Å². The highest BCUT2D eigenvalue weighted by atomic mass is 32.1. The molecule has 0 spiro atoms. The molecule has 2 aromatic heterocycles. The Kier molecular flexibility index (Phi) is 5.47. The van der Waals surface area contributed by atoms with Gasteiger partial charge >= 0.3 is 0 Å². The maximum Gasteiger partial charge on any atom is 0.216 e. The lowest BCUT2D eigenvalue weighted by molar-refractivity contribution is -0.118. The van der Waals surface area contributed by atoms with Gasteiger partial charge in [0.25, 0.3) is 0 Å². The van der Waals surface area contributed by atoms with E-state index in [0.717, 1.165) is 4.88 Å². The predicted molar refractivity (Wildman–Crippen MR) is 94.2 cm³/mol. The monoisotopic (exact) mass is 373 g/mol. The third-order valence-electron chi connectivity index (χ3n) is 3.50. The second-order valence-electron chi connectivity index (χ2n) is 5.58. The molecular formula is C17H16FN5O2S. The number of aromatic nitrogens is 4. The van der Waals surface area contributed by atoms with Gasteiger partial charge < -0.3 is 5.32 Å². The lowest BCUT2D eigenvalue weighted by Gasteiger charge is -1.99. The summed E-state index contributed by atoms with van der Waals surface area (Å²) < 4.78 is 13.3. The van der Waals surface area contributed by atoms with Gasteiger partial charge in [-0.2, -0.15) is 4.80 Å². The maximum atomic E-state index is 13.3. The van der Waals surface area contributed by atoms with Gasteiger partial charge in [0, 0.05) is 23.9 Å². The summed E-state index contributed by atoms with van der Waals surface area (Å²) in [6.07, 6.45) is 0.669. The highest BCUT2D eigenvalue weighted by Crippen LogP contribution is 2.18. The minimum absolute atomic E-state index is 0.0477. The van der Waals surface area contributed by atoms with E-state index in [9.17, 15) is 14.0 Å². The fourth-order valence-corrected chi connectivity index (χ4v) is 3.22. The van der Waals surface area contributed by atoms with E-state index in [1.54, 1.807) is 18.2 Å². The molecular weight excluding hydrogens is 357 g/mol. The van der Waals surface area contributed by atoms with Crippen LogP contribution in [0.1, 0.15) is 21.5 Å². The molecule has 2 heterocycles. The van der Waals surface area contributed by atoms with Crippen LogP contribution in [0, 0.1) is 5.82 Å². The molecule has 134 valence electrons. The highest BCUT2D eigenvalue weighted by Gasteiger charge is 2.13. The van der Waals surface area contributed by atoms with Crippen LogP contribution >= 0.6 is 11.3 Å². The minimum atomic E-state index is -0.389. The van der Waals surface area contributed by atoms with Crippen LogP contribution in [0.25, 0.3) is 11.4 Å². The zero-order chi connectivity index (χ0) is 18.5. The molecule has 9 heteroatoms. The van der Waals surface area contributed by atoms with Gasteiger partial charge in [0.05, 0.1) is 4.88 Å². The molecule has 0 fully saturated rings. The first-order valence-corrected chi connectivity index (χ1v) is 8.73. The van der Waals surface area contributed by atoms with Crippen LogP contribution in [0.3, 0.4) is 0 Å². The molecule has 1 N–H and O–H groups in total. The van der Waals surface area contributed by atoms with Crippen molar-refractivity contribution in [2.24, 2.45) is 0 Å². The molecule has 7 nitrogen and oxygen atoms in total. The van der Waals surface area contributed by atoms with Crippen LogP contribution in [0.4, 0.5) is 4.39 Å². The Hall–Kier alpha value is -2.94. The minimum Gasteiger partial charge on any atom is -0.356 e. The number of hydrogen-bond acceptors (Lipinski definition) is 6. The number of Topliss-reactive ketones (excluding diaryl/α,β-unsaturated/α-hetero) is 1. The summed E-state index contributed by atoms with van der Waals surface area (Å²) in [5.74, 6) is -0.340. The van der Waals surface area contributed by atoms with Crippen LogP contribution in [0.15, 0.2) is 36.4 Å². The smallest absolute Gasteiger partial charge is 0.216 e.